The summed E-state index contributed by atoms with van der Waals surface area (Å²) in [6.07, 6.45) is 1.48. The van der Waals surface area contributed by atoms with Gasteiger partial charge in [0, 0.05) is 22.3 Å². The van der Waals surface area contributed by atoms with E-state index < -0.39 is 21.8 Å². The monoisotopic (exact) mass is 524 g/mol. The Kier molecular flexibility index (Phi) is 6.30. The Hall–Kier alpha value is -3.12. The zero-order valence-corrected chi connectivity index (χ0v) is 19.8. The van der Waals surface area contributed by atoms with E-state index in [9.17, 15) is 18.0 Å². The number of methoxy groups -OCH3 is 1. The number of benzene rings is 2. The van der Waals surface area contributed by atoms with Crippen LogP contribution in [-0.4, -0.2) is 32.3 Å². The molecule has 2 aromatic carbocycles. The molecular weight excluding hydrogens is 511 g/mol. The van der Waals surface area contributed by atoms with Gasteiger partial charge in [-0.1, -0.05) is 23.2 Å². The minimum absolute atomic E-state index is 0.0116. The van der Waals surface area contributed by atoms with Crippen molar-refractivity contribution in [2.75, 3.05) is 22.0 Å². The molecule has 0 radical (unpaired) electrons. The number of hydrogen-bond donors (Lipinski definition) is 2. The first-order chi connectivity index (χ1) is 15.7. The Labute approximate surface area is 202 Å². The van der Waals surface area contributed by atoms with Crippen molar-refractivity contribution in [2.45, 2.75) is 4.90 Å². The maximum absolute atomic E-state index is 13.0. The minimum Gasteiger partial charge on any atom is -0.495 e. The number of anilines is 3. The number of aromatic nitrogens is 1. The SMILES string of the molecule is COc1ccc(Cl)cc1N1C(=O)C(Cl)=C(Nc2ccc(S(=O)(=O)Nc3nccs3)cc2)C1=O. The van der Waals surface area contributed by atoms with Gasteiger partial charge in [-0.2, -0.15) is 0 Å². The van der Waals surface area contributed by atoms with Crippen molar-refractivity contribution in [3.63, 3.8) is 0 Å². The average Bonchev–Trinajstić information content (AvgIpc) is 3.36. The number of halogens is 2. The molecule has 33 heavy (non-hydrogen) atoms. The number of hydrogen-bond acceptors (Lipinski definition) is 8. The van der Waals surface area contributed by atoms with E-state index >= 15 is 0 Å². The molecule has 1 aliphatic heterocycles. The normalized spacial score (nSPS) is 14.1. The third-order valence-electron chi connectivity index (χ3n) is 4.50. The quantitative estimate of drug-likeness (QED) is 0.447. The average molecular weight is 525 g/mol. The van der Waals surface area contributed by atoms with Gasteiger partial charge < -0.3 is 10.1 Å². The van der Waals surface area contributed by atoms with E-state index in [1.165, 1.54) is 49.7 Å². The van der Waals surface area contributed by atoms with Gasteiger partial charge >= 0.3 is 0 Å². The molecule has 0 unspecified atom stereocenters. The lowest BCUT2D eigenvalue weighted by atomic mass is 10.2. The smallest absolute Gasteiger partial charge is 0.283 e. The standard InChI is InChI=1S/C20H14Cl2N4O5S2/c1-31-15-7-2-11(21)10-14(15)26-18(27)16(22)17(19(26)28)24-12-3-5-13(6-4-12)33(29,30)25-20-23-8-9-32-20/h2-10,24H,1H3,(H,23,25). The molecule has 0 fully saturated rings. The molecule has 0 aliphatic carbocycles. The maximum Gasteiger partial charge on any atom is 0.283 e. The lowest BCUT2D eigenvalue weighted by Crippen LogP contribution is -2.32. The summed E-state index contributed by atoms with van der Waals surface area (Å²) in [7, 11) is -2.44. The first kappa shape index (κ1) is 23.1. The molecule has 3 aromatic rings. The Morgan fingerprint density at radius 2 is 1.79 bits per heavy atom. The van der Waals surface area contributed by atoms with Gasteiger partial charge in [-0.25, -0.2) is 18.3 Å². The Morgan fingerprint density at radius 1 is 1.06 bits per heavy atom. The van der Waals surface area contributed by atoms with Crippen LogP contribution in [-0.2, 0) is 19.6 Å². The number of thiazole rings is 1. The second kappa shape index (κ2) is 9.02. The van der Waals surface area contributed by atoms with Gasteiger partial charge in [0.25, 0.3) is 21.8 Å². The van der Waals surface area contributed by atoms with Crippen molar-refractivity contribution >= 4 is 72.9 Å². The van der Waals surface area contributed by atoms with Crippen LogP contribution < -0.4 is 19.7 Å². The van der Waals surface area contributed by atoms with E-state index in [0.717, 1.165) is 16.2 Å². The number of nitrogens with one attached hydrogen (secondary N) is 2. The predicted octanol–water partition coefficient (Wildman–Crippen LogP) is 4.04. The number of nitrogens with zero attached hydrogens (tertiary/aromatic N) is 2. The number of carbonyl (C=O) groups is 2. The van der Waals surface area contributed by atoms with E-state index in [2.05, 4.69) is 15.0 Å². The number of amides is 2. The van der Waals surface area contributed by atoms with Gasteiger partial charge in [0.2, 0.25) is 0 Å². The first-order valence-electron chi connectivity index (χ1n) is 9.13. The number of carbonyl (C=O) groups excluding carboxylic acids is 2. The van der Waals surface area contributed by atoms with Crippen molar-refractivity contribution in [3.8, 4) is 5.75 Å². The molecule has 0 bridgehead atoms. The van der Waals surface area contributed by atoms with Gasteiger partial charge in [-0.15, -0.1) is 11.3 Å². The second-order valence-corrected chi connectivity index (χ2v) is 9.93. The zero-order chi connectivity index (χ0) is 23.8. The van der Waals surface area contributed by atoms with Gasteiger partial charge in [-0.05, 0) is 42.5 Å². The van der Waals surface area contributed by atoms with E-state index in [1.807, 2.05) is 0 Å². The van der Waals surface area contributed by atoms with Crippen molar-refractivity contribution in [1.82, 2.24) is 4.98 Å². The van der Waals surface area contributed by atoms with Crippen LogP contribution in [0.1, 0.15) is 0 Å². The van der Waals surface area contributed by atoms with Crippen LogP contribution in [0.3, 0.4) is 0 Å². The maximum atomic E-state index is 13.0. The predicted molar refractivity (Wildman–Crippen MR) is 126 cm³/mol. The molecule has 0 saturated carbocycles. The number of rotatable bonds is 7. The lowest BCUT2D eigenvalue weighted by molar-refractivity contribution is -0.120. The molecule has 1 aliphatic rings. The molecule has 2 N–H and O–H groups in total. The van der Waals surface area contributed by atoms with Gasteiger partial charge in [0.1, 0.15) is 16.5 Å². The molecule has 0 atom stereocenters. The summed E-state index contributed by atoms with van der Waals surface area (Å²) < 4.78 is 32.5. The molecule has 13 heteroatoms. The lowest BCUT2D eigenvalue weighted by Gasteiger charge is -2.18. The van der Waals surface area contributed by atoms with Gasteiger partial charge in [-0.3, -0.25) is 14.3 Å². The van der Waals surface area contributed by atoms with E-state index in [0.29, 0.717) is 10.7 Å². The summed E-state index contributed by atoms with van der Waals surface area (Å²) in [5, 5.41) is 4.63. The summed E-state index contributed by atoms with van der Waals surface area (Å²) >= 11 is 13.3. The van der Waals surface area contributed by atoms with Crippen LogP contribution >= 0.6 is 34.5 Å². The highest BCUT2D eigenvalue weighted by Crippen LogP contribution is 2.37. The van der Waals surface area contributed by atoms with E-state index in [-0.39, 0.29) is 32.2 Å². The van der Waals surface area contributed by atoms with Crippen molar-refractivity contribution in [3.05, 3.63) is 69.8 Å². The molecule has 9 nitrogen and oxygen atoms in total. The van der Waals surface area contributed by atoms with Crippen molar-refractivity contribution < 1.29 is 22.7 Å². The second-order valence-electron chi connectivity index (χ2n) is 6.54. The highest BCUT2D eigenvalue weighted by Gasteiger charge is 2.40. The van der Waals surface area contributed by atoms with Crippen LogP contribution in [0.25, 0.3) is 0 Å². The summed E-state index contributed by atoms with van der Waals surface area (Å²) in [6.45, 7) is 0. The zero-order valence-electron chi connectivity index (χ0n) is 16.7. The third-order valence-corrected chi connectivity index (χ3v) is 7.26. The molecule has 1 aromatic heterocycles. The first-order valence-corrected chi connectivity index (χ1v) is 12.2. The summed E-state index contributed by atoms with van der Waals surface area (Å²) in [4.78, 5) is 30.5. The molecule has 170 valence electrons. The molecule has 2 amide bonds. The fourth-order valence-electron chi connectivity index (χ4n) is 2.98. The van der Waals surface area contributed by atoms with E-state index in [1.54, 1.807) is 11.4 Å². The summed E-state index contributed by atoms with van der Waals surface area (Å²) in [5.74, 6) is -1.21. The highest BCUT2D eigenvalue weighted by atomic mass is 35.5. The minimum atomic E-state index is -3.84. The molecular formula is C20H14Cl2N4O5S2. The summed E-state index contributed by atoms with van der Waals surface area (Å²) in [5.41, 5.74) is 0.322. The number of sulfonamides is 1. The third kappa shape index (κ3) is 4.53. The topological polar surface area (TPSA) is 118 Å². The van der Waals surface area contributed by atoms with Crippen LogP contribution in [0.4, 0.5) is 16.5 Å². The summed E-state index contributed by atoms with van der Waals surface area (Å²) in [6, 6.07) is 10.1. The number of imide groups is 1. The van der Waals surface area contributed by atoms with Gasteiger partial charge in [0.05, 0.1) is 17.7 Å². The van der Waals surface area contributed by atoms with Crippen LogP contribution in [0.15, 0.2) is 69.7 Å². The Morgan fingerprint density at radius 3 is 2.42 bits per heavy atom. The van der Waals surface area contributed by atoms with Crippen molar-refractivity contribution in [2.24, 2.45) is 0 Å². The molecule has 4 rings (SSSR count). The molecule has 0 spiro atoms. The van der Waals surface area contributed by atoms with Crippen LogP contribution in [0.5, 0.6) is 5.75 Å². The van der Waals surface area contributed by atoms with Crippen LogP contribution in [0, 0.1) is 0 Å². The Balaban J connectivity index is 1.56. The Bertz CT molecular complexity index is 1370. The fraction of sp³-hybridized carbons (Fsp3) is 0.0500. The molecule has 0 saturated heterocycles. The van der Waals surface area contributed by atoms with Crippen molar-refractivity contribution in [1.29, 1.82) is 0 Å². The number of ether oxygens (including phenoxy) is 1. The highest BCUT2D eigenvalue weighted by molar-refractivity contribution is 7.93. The fourth-order valence-corrected chi connectivity index (χ4v) is 5.15. The largest absolute Gasteiger partial charge is 0.495 e. The van der Waals surface area contributed by atoms with Gasteiger partial charge in [0.15, 0.2) is 5.13 Å². The van der Waals surface area contributed by atoms with E-state index in [4.69, 9.17) is 27.9 Å². The molecule has 2 heterocycles. The van der Waals surface area contributed by atoms with Crippen LogP contribution in [0.2, 0.25) is 5.02 Å².